The van der Waals surface area contributed by atoms with Crippen molar-refractivity contribution in [2.24, 2.45) is 12.0 Å². The molecule has 1 fully saturated rings. The van der Waals surface area contributed by atoms with Crippen molar-refractivity contribution in [1.82, 2.24) is 24.3 Å². The molecule has 5 heterocycles. The number of rotatable bonds is 6. The second-order valence-electron chi connectivity index (χ2n) is 8.93. The van der Waals surface area contributed by atoms with Crippen LogP contribution in [0.4, 0.5) is 5.82 Å². The number of hydrogen-bond donors (Lipinski definition) is 1. The van der Waals surface area contributed by atoms with Gasteiger partial charge < -0.3 is 24.0 Å². The van der Waals surface area contributed by atoms with Crippen LogP contribution in [0.25, 0.3) is 29.4 Å². The van der Waals surface area contributed by atoms with E-state index in [9.17, 15) is 9.90 Å². The lowest BCUT2D eigenvalue weighted by atomic mass is 10.1. The smallest absolute Gasteiger partial charge is 0.352 e. The molecule has 11 nitrogen and oxygen atoms in total. The molecule has 218 valence electrons. The second-order valence-corrected chi connectivity index (χ2v) is 8.93. The molecule has 0 radical (unpaired) electrons. The summed E-state index contributed by atoms with van der Waals surface area (Å²) >= 11 is 0. The highest BCUT2D eigenvalue weighted by molar-refractivity contribution is 7.59. The average Bonchev–Trinajstić information content (AvgIpc) is 3.48. The Morgan fingerprint density at radius 1 is 1.24 bits per heavy atom. The Bertz CT molecular complexity index is 1690. The minimum absolute atomic E-state index is 0. The molecule has 0 amide bonds. The number of fused-ring (bicyclic) bond motifs is 1. The molecule has 12 heteroatoms. The number of hydrogen-bond acceptors (Lipinski definition) is 8. The Morgan fingerprint density at radius 2 is 1.95 bits per heavy atom. The molecule has 4 aromatic heterocycles. The van der Waals surface area contributed by atoms with Gasteiger partial charge in [-0.3, -0.25) is 9.98 Å². The zero-order valence-electron chi connectivity index (χ0n) is 24.3. The SMILES string of the molecule is C=c1cnn(-c2cc3c(c(N4CCOCC4)n2)c(C)c(C(=O)O)n3C)/c1=C/C(=NC)c1cnccc1OC.CC.S. The van der Waals surface area contributed by atoms with Crippen LogP contribution in [0.3, 0.4) is 0 Å². The maximum absolute atomic E-state index is 12.1. The highest BCUT2D eigenvalue weighted by Crippen LogP contribution is 2.34. The number of methoxy groups -OCH3 is 1. The molecule has 0 bridgehead atoms. The summed E-state index contributed by atoms with van der Waals surface area (Å²) in [6, 6.07) is 3.63. The van der Waals surface area contributed by atoms with Crippen LogP contribution in [-0.4, -0.2) is 81.6 Å². The molecule has 1 aliphatic rings. The Hall–Kier alpha value is -4.16. The molecule has 0 aromatic carbocycles. The van der Waals surface area contributed by atoms with Crippen LogP contribution in [-0.2, 0) is 11.8 Å². The molecular formula is C29H37N7O4S. The fourth-order valence-electron chi connectivity index (χ4n) is 4.91. The van der Waals surface area contributed by atoms with Crippen LogP contribution in [0.5, 0.6) is 5.75 Å². The number of carbonyl (C=O) groups is 1. The standard InChI is InChI=1S/C27H29N7O4.C2H6.H2S/c1-16-14-30-34(20(16)12-19(28-3)18-15-29-7-6-22(18)37-5)23-13-21-24(17(2)25(27(35)36)32(21)4)26(31-23)33-8-10-38-11-9-33;1-2;/h6-7,12-15H,1,8-11H2,2-5H3,(H,35,36);1-2H3;1H2/b20-12+,28-19?;;. The summed E-state index contributed by atoms with van der Waals surface area (Å²) in [5, 5.41) is 16.7. The number of aromatic carboxylic acids is 1. The first-order valence-electron chi connectivity index (χ1n) is 13.1. The first-order valence-corrected chi connectivity index (χ1v) is 13.1. The summed E-state index contributed by atoms with van der Waals surface area (Å²) in [6.07, 6.45) is 6.89. The van der Waals surface area contributed by atoms with Crippen molar-refractivity contribution in [3.05, 3.63) is 58.1 Å². The summed E-state index contributed by atoms with van der Waals surface area (Å²) in [6.45, 7) is 12.4. The minimum Gasteiger partial charge on any atom is -0.496 e. The molecule has 4 aromatic rings. The quantitative estimate of drug-likeness (QED) is 0.346. The van der Waals surface area contributed by atoms with Crippen LogP contribution < -0.4 is 20.2 Å². The molecule has 5 rings (SSSR count). The summed E-state index contributed by atoms with van der Waals surface area (Å²) < 4.78 is 14.5. The number of nitrogens with zero attached hydrogens (tertiary/aromatic N) is 7. The van der Waals surface area contributed by atoms with E-state index >= 15 is 0 Å². The average molecular weight is 580 g/mol. The van der Waals surface area contributed by atoms with Gasteiger partial charge in [-0.2, -0.15) is 18.6 Å². The van der Waals surface area contributed by atoms with E-state index in [1.807, 2.05) is 32.9 Å². The summed E-state index contributed by atoms with van der Waals surface area (Å²) in [5.41, 5.74) is 3.01. The number of ether oxygens (including phenoxy) is 2. The highest BCUT2D eigenvalue weighted by atomic mass is 32.1. The van der Waals surface area contributed by atoms with Gasteiger partial charge >= 0.3 is 5.97 Å². The van der Waals surface area contributed by atoms with Crippen molar-refractivity contribution in [3.63, 3.8) is 0 Å². The first kappa shape index (κ1) is 31.4. The summed E-state index contributed by atoms with van der Waals surface area (Å²) in [7, 11) is 5.05. The van der Waals surface area contributed by atoms with E-state index in [-0.39, 0.29) is 19.2 Å². The predicted octanol–water partition coefficient (Wildman–Crippen LogP) is 2.45. The van der Waals surface area contributed by atoms with Gasteiger partial charge in [-0.05, 0) is 24.6 Å². The van der Waals surface area contributed by atoms with Crippen LogP contribution in [0.15, 0.2) is 35.7 Å². The number of aromatic nitrogens is 5. The van der Waals surface area contributed by atoms with Gasteiger partial charge in [0.15, 0.2) is 5.82 Å². The summed E-state index contributed by atoms with van der Waals surface area (Å²) in [4.78, 5) is 28.0. The van der Waals surface area contributed by atoms with Crippen LogP contribution >= 0.6 is 13.5 Å². The van der Waals surface area contributed by atoms with E-state index in [1.165, 1.54) is 0 Å². The van der Waals surface area contributed by atoms with Crippen molar-refractivity contribution in [2.45, 2.75) is 20.8 Å². The number of pyridine rings is 2. The number of aryl methyl sites for hydroxylation is 2. The van der Waals surface area contributed by atoms with Gasteiger partial charge in [-0.1, -0.05) is 20.4 Å². The van der Waals surface area contributed by atoms with Crippen molar-refractivity contribution in [2.75, 3.05) is 45.4 Å². The number of anilines is 1. The van der Waals surface area contributed by atoms with Crippen molar-refractivity contribution in [3.8, 4) is 11.6 Å². The third-order valence-corrected chi connectivity index (χ3v) is 6.80. The van der Waals surface area contributed by atoms with Gasteiger partial charge in [0, 0.05) is 56.2 Å². The number of carboxylic acids is 1. The lowest BCUT2D eigenvalue weighted by Crippen LogP contribution is -2.37. The van der Waals surface area contributed by atoms with Crippen molar-refractivity contribution in [1.29, 1.82) is 0 Å². The van der Waals surface area contributed by atoms with Gasteiger partial charge in [0.05, 0.1) is 48.7 Å². The highest BCUT2D eigenvalue weighted by Gasteiger charge is 2.25. The Kier molecular flexibility index (Phi) is 10.3. The number of carboxylic acid groups (broad SMARTS) is 1. The lowest BCUT2D eigenvalue weighted by Gasteiger charge is -2.29. The second kappa shape index (κ2) is 13.5. The maximum atomic E-state index is 12.1. The molecule has 0 atom stereocenters. The van der Waals surface area contributed by atoms with Gasteiger partial charge in [-0.25, -0.2) is 14.5 Å². The lowest BCUT2D eigenvalue weighted by molar-refractivity contribution is 0.0686. The monoisotopic (exact) mass is 579 g/mol. The zero-order chi connectivity index (χ0) is 29.0. The fourth-order valence-corrected chi connectivity index (χ4v) is 4.91. The summed E-state index contributed by atoms with van der Waals surface area (Å²) in [5.74, 6) is 0.888. The van der Waals surface area contributed by atoms with E-state index in [0.717, 1.165) is 16.5 Å². The molecule has 0 aliphatic carbocycles. The number of aliphatic imine (C=N–C) groups is 1. The van der Waals surface area contributed by atoms with E-state index in [0.29, 0.717) is 65.5 Å². The van der Waals surface area contributed by atoms with Crippen LogP contribution in [0.2, 0.25) is 0 Å². The van der Waals surface area contributed by atoms with Crippen LogP contribution in [0.1, 0.15) is 35.5 Å². The van der Waals surface area contributed by atoms with Gasteiger partial charge in [0.1, 0.15) is 17.3 Å². The number of morpholine rings is 1. The predicted molar refractivity (Wildman–Crippen MR) is 167 cm³/mol. The Balaban J connectivity index is 0.00000151. The first-order chi connectivity index (χ1) is 19.3. The van der Waals surface area contributed by atoms with Crippen molar-refractivity contribution < 1.29 is 19.4 Å². The van der Waals surface area contributed by atoms with Gasteiger partial charge in [0.25, 0.3) is 0 Å². The molecule has 0 saturated carbocycles. The third kappa shape index (κ3) is 5.84. The molecule has 1 aliphatic heterocycles. The van der Waals surface area contributed by atoms with Crippen LogP contribution in [0, 0.1) is 6.92 Å². The molecule has 1 N–H and O–H groups in total. The fraction of sp³-hybridized carbons (Fsp3) is 0.345. The minimum atomic E-state index is -0.988. The Labute approximate surface area is 245 Å². The topological polar surface area (TPSA) is 120 Å². The normalized spacial score (nSPS) is 14.0. The van der Waals surface area contributed by atoms with E-state index in [4.69, 9.17) is 14.5 Å². The zero-order valence-corrected chi connectivity index (χ0v) is 25.3. The molecule has 0 spiro atoms. The van der Waals surface area contributed by atoms with E-state index in [1.54, 1.807) is 55.1 Å². The van der Waals surface area contributed by atoms with Gasteiger partial charge in [0.2, 0.25) is 0 Å². The Morgan fingerprint density at radius 3 is 2.59 bits per heavy atom. The largest absolute Gasteiger partial charge is 0.496 e. The third-order valence-electron chi connectivity index (χ3n) is 6.80. The molecule has 41 heavy (non-hydrogen) atoms. The molecule has 1 saturated heterocycles. The van der Waals surface area contributed by atoms with Gasteiger partial charge in [-0.15, -0.1) is 0 Å². The van der Waals surface area contributed by atoms with E-state index < -0.39 is 5.97 Å². The maximum Gasteiger partial charge on any atom is 0.352 e. The molecule has 0 unspecified atom stereocenters. The molecular weight excluding hydrogens is 542 g/mol. The van der Waals surface area contributed by atoms with E-state index in [2.05, 4.69) is 26.6 Å². The van der Waals surface area contributed by atoms with Crippen molar-refractivity contribution >= 4 is 54.6 Å².